The molecule has 13 nitrogen and oxygen atoms in total. The highest BCUT2D eigenvalue weighted by atomic mass is 35.5. The van der Waals surface area contributed by atoms with Gasteiger partial charge in [-0.15, -0.1) is 11.6 Å². The number of rotatable bonds is 6. The molecule has 0 aliphatic carbocycles. The number of aliphatic hydroxyl groups excluding tert-OH is 2. The van der Waals surface area contributed by atoms with Crippen molar-refractivity contribution in [2.24, 2.45) is 0 Å². The molecular weight excluding hydrogens is 424 g/mol. The summed E-state index contributed by atoms with van der Waals surface area (Å²) in [4.78, 5) is 24.3. The molecule has 14 heteroatoms. The van der Waals surface area contributed by atoms with Crippen LogP contribution in [0.3, 0.4) is 0 Å². The van der Waals surface area contributed by atoms with Gasteiger partial charge in [0.15, 0.2) is 23.9 Å². The van der Waals surface area contributed by atoms with Crippen LogP contribution in [0.2, 0.25) is 0 Å². The summed E-state index contributed by atoms with van der Waals surface area (Å²) in [6, 6.07) is 0. The van der Waals surface area contributed by atoms with Crippen LogP contribution in [0.1, 0.15) is 6.23 Å². The molecule has 2 fully saturated rings. The molecule has 0 bridgehead atoms. The van der Waals surface area contributed by atoms with Crippen molar-refractivity contribution < 1.29 is 34.0 Å². The first-order chi connectivity index (χ1) is 14.3. The molecule has 0 aromatic carbocycles. The molecule has 2 aromatic rings. The Morgan fingerprint density at radius 2 is 2.03 bits per heavy atom. The van der Waals surface area contributed by atoms with Gasteiger partial charge in [-0.1, -0.05) is 0 Å². The van der Waals surface area contributed by atoms with Gasteiger partial charge in [-0.2, -0.15) is 0 Å². The maximum Gasteiger partial charge on any atom is 0.284 e. The molecule has 2 aliphatic rings. The van der Waals surface area contributed by atoms with Crippen LogP contribution < -0.4 is 11.1 Å². The van der Waals surface area contributed by atoms with Gasteiger partial charge in [0, 0.05) is 14.2 Å². The molecular formula is C16H21ClN6O7. The van der Waals surface area contributed by atoms with E-state index in [4.69, 9.17) is 36.3 Å². The second-order valence-corrected chi connectivity index (χ2v) is 7.30. The average molecular weight is 445 g/mol. The Bertz CT molecular complexity index is 940. The number of nitrogens with zero attached hydrogens (tertiary/aromatic N) is 4. The van der Waals surface area contributed by atoms with Crippen molar-refractivity contribution in [1.82, 2.24) is 24.8 Å². The molecule has 0 spiro atoms. The van der Waals surface area contributed by atoms with E-state index in [0.29, 0.717) is 11.2 Å². The van der Waals surface area contributed by atoms with Gasteiger partial charge in [0.2, 0.25) is 0 Å². The number of hydrogen-bond donors (Lipinski definition) is 4. The number of carbonyl (C=O) groups is 1. The van der Waals surface area contributed by atoms with Crippen LogP contribution >= 0.6 is 11.6 Å². The maximum absolute atomic E-state index is 12.2. The van der Waals surface area contributed by atoms with Crippen molar-refractivity contribution in [2.45, 2.75) is 41.9 Å². The van der Waals surface area contributed by atoms with E-state index in [9.17, 15) is 15.0 Å². The molecule has 4 heterocycles. The third kappa shape index (κ3) is 3.10. The number of fused-ring (bicyclic) bond motifs is 1. The van der Waals surface area contributed by atoms with Crippen molar-refractivity contribution in [2.75, 3.05) is 26.6 Å². The summed E-state index contributed by atoms with van der Waals surface area (Å²) in [6.07, 6.45) is -2.82. The number of nitrogens with two attached hydrogens (primary N) is 1. The van der Waals surface area contributed by atoms with Gasteiger partial charge < -0.3 is 40.2 Å². The van der Waals surface area contributed by atoms with Crippen LogP contribution in [0.15, 0.2) is 12.7 Å². The number of aliphatic hydroxyl groups is 2. The standard InChI is InChI=1S/C16H21ClN6O7/c1-27-16(28-2)10(17)13(22-15(16)26)29-3-6-8(24)9(25)14(30-6)23-5-21-7-11(18)19-4-20-12(7)23/h4-6,8-10,13-14,24-25H,3H2,1-2H3,(H,22,26)(H2,18,19,20)/t6-,8-,9-,10?,13?,14-/m1/s1. The SMILES string of the molecule is COC1(OC)C(=O)NC(OC[C@H]2O[C@@H](n3cnc4c(N)ncnc43)[C@H](O)[C@@H]2O)C1Cl. The highest BCUT2D eigenvalue weighted by Crippen LogP contribution is 2.34. The number of alkyl halides is 1. The summed E-state index contributed by atoms with van der Waals surface area (Å²) in [5.41, 5.74) is 6.46. The molecule has 6 atom stereocenters. The molecule has 0 saturated carbocycles. The van der Waals surface area contributed by atoms with Gasteiger partial charge in [-0.05, 0) is 0 Å². The average Bonchev–Trinajstić information content (AvgIpc) is 3.36. The summed E-state index contributed by atoms with van der Waals surface area (Å²) in [7, 11) is 2.58. The van der Waals surface area contributed by atoms with Crippen LogP contribution in [0.5, 0.6) is 0 Å². The second kappa shape index (κ2) is 7.85. The van der Waals surface area contributed by atoms with Gasteiger partial charge in [0.1, 0.15) is 35.5 Å². The quantitative estimate of drug-likeness (QED) is 0.289. The highest BCUT2D eigenvalue weighted by molar-refractivity contribution is 6.24. The number of aromatic nitrogens is 4. The van der Waals surface area contributed by atoms with Crippen LogP contribution in [0.25, 0.3) is 11.2 Å². The van der Waals surface area contributed by atoms with Crippen LogP contribution in [0, 0.1) is 0 Å². The molecule has 5 N–H and O–H groups in total. The Morgan fingerprint density at radius 3 is 2.70 bits per heavy atom. The number of imidazole rings is 1. The molecule has 164 valence electrons. The number of carbonyl (C=O) groups excluding carboxylic acids is 1. The Balaban J connectivity index is 1.47. The Kier molecular flexibility index (Phi) is 5.52. The molecule has 2 unspecified atom stereocenters. The Labute approximate surface area is 175 Å². The van der Waals surface area contributed by atoms with Crippen LogP contribution in [-0.4, -0.2) is 92.2 Å². The number of anilines is 1. The first-order valence-corrected chi connectivity index (χ1v) is 9.39. The zero-order valence-electron chi connectivity index (χ0n) is 16.0. The Morgan fingerprint density at radius 1 is 1.30 bits per heavy atom. The summed E-state index contributed by atoms with van der Waals surface area (Å²) in [5.74, 6) is -2.11. The van der Waals surface area contributed by atoms with E-state index < -0.39 is 47.8 Å². The predicted octanol–water partition coefficient (Wildman–Crippen LogP) is -1.90. The molecule has 2 aromatic heterocycles. The van der Waals surface area contributed by atoms with Gasteiger partial charge in [-0.25, -0.2) is 15.0 Å². The number of ether oxygens (including phenoxy) is 4. The minimum Gasteiger partial charge on any atom is -0.387 e. The molecule has 2 aliphatic heterocycles. The fraction of sp³-hybridized carbons (Fsp3) is 0.625. The highest BCUT2D eigenvalue weighted by Gasteiger charge is 2.57. The third-order valence-electron chi connectivity index (χ3n) is 5.26. The zero-order valence-corrected chi connectivity index (χ0v) is 16.8. The molecule has 0 radical (unpaired) electrons. The monoisotopic (exact) mass is 444 g/mol. The number of nitrogens with one attached hydrogen (secondary N) is 1. The minimum absolute atomic E-state index is 0.177. The van der Waals surface area contributed by atoms with Crippen molar-refractivity contribution in [3.05, 3.63) is 12.7 Å². The first-order valence-electron chi connectivity index (χ1n) is 8.95. The van der Waals surface area contributed by atoms with Crippen molar-refractivity contribution in [1.29, 1.82) is 0 Å². The summed E-state index contributed by atoms with van der Waals surface area (Å²) in [5, 5.41) is 22.4. The third-order valence-corrected chi connectivity index (χ3v) is 5.78. The lowest BCUT2D eigenvalue weighted by Gasteiger charge is -2.27. The largest absolute Gasteiger partial charge is 0.387 e. The van der Waals surface area contributed by atoms with Gasteiger partial charge in [0.05, 0.1) is 12.9 Å². The van der Waals surface area contributed by atoms with E-state index in [1.807, 2.05) is 0 Å². The minimum atomic E-state index is -1.70. The summed E-state index contributed by atoms with van der Waals surface area (Å²) < 4.78 is 23.1. The van der Waals surface area contributed by atoms with E-state index in [1.54, 1.807) is 0 Å². The zero-order chi connectivity index (χ0) is 21.6. The predicted molar refractivity (Wildman–Crippen MR) is 99.9 cm³/mol. The van der Waals surface area contributed by atoms with E-state index in [-0.39, 0.29) is 12.4 Å². The number of halogens is 1. The lowest BCUT2D eigenvalue weighted by Crippen LogP contribution is -2.47. The van der Waals surface area contributed by atoms with Gasteiger partial charge in [0.25, 0.3) is 11.7 Å². The number of nitrogen functional groups attached to an aromatic ring is 1. The second-order valence-electron chi connectivity index (χ2n) is 6.83. The van der Waals surface area contributed by atoms with Crippen LogP contribution in [-0.2, 0) is 23.7 Å². The first kappa shape index (κ1) is 21.1. The van der Waals surface area contributed by atoms with Crippen molar-refractivity contribution in [3.8, 4) is 0 Å². The van der Waals surface area contributed by atoms with E-state index in [2.05, 4.69) is 20.3 Å². The molecule has 30 heavy (non-hydrogen) atoms. The molecule has 1 amide bonds. The van der Waals surface area contributed by atoms with E-state index >= 15 is 0 Å². The smallest absolute Gasteiger partial charge is 0.284 e. The van der Waals surface area contributed by atoms with Gasteiger partial charge in [-0.3, -0.25) is 9.36 Å². The molecule has 4 rings (SSSR count). The molecule has 2 saturated heterocycles. The van der Waals surface area contributed by atoms with E-state index in [1.165, 1.54) is 31.4 Å². The summed E-state index contributed by atoms with van der Waals surface area (Å²) >= 11 is 6.29. The number of hydrogen-bond acceptors (Lipinski definition) is 11. The fourth-order valence-electron chi connectivity index (χ4n) is 3.60. The van der Waals surface area contributed by atoms with E-state index in [0.717, 1.165) is 0 Å². The topological polar surface area (TPSA) is 176 Å². The number of amides is 1. The van der Waals surface area contributed by atoms with Crippen molar-refractivity contribution in [3.63, 3.8) is 0 Å². The summed E-state index contributed by atoms with van der Waals surface area (Å²) in [6.45, 7) is -0.184. The normalized spacial score (nSPS) is 33.3. The van der Waals surface area contributed by atoms with Crippen LogP contribution in [0.4, 0.5) is 5.82 Å². The van der Waals surface area contributed by atoms with Crippen molar-refractivity contribution >= 4 is 34.5 Å². The maximum atomic E-state index is 12.2. The fourth-order valence-corrected chi connectivity index (χ4v) is 4.01. The number of methoxy groups -OCH3 is 2. The lowest BCUT2D eigenvalue weighted by molar-refractivity contribution is -0.203. The lowest BCUT2D eigenvalue weighted by atomic mass is 10.1. The van der Waals surface area contributed by atoms with Gasteiger partial charge >= 0.3 is 0 Å². The Hall–Kier alpha value is -2.13.